The van der Waals surface area contributed by atoms with Crippen molar-refractivity contribution >= 4 is 11.6 Å². The first-order valence-electron chi connectivity index (χ1n) is 7.35. The zero-order valence-corrected chi connectivity index (χ0v) is 12.1. The highest BCUT2D eigenvalue weighted by molar-refractivity contribution is 6.09. The minimum absolute atomic E-state index is 0.0625. The first-order chi connectivity index (χ1) is 10.2. The second-order valence-corrected chi connectivity index (χ2v) is 5.43. The second kappa shape index (κ2) is 5.70. The maximum absolute atomic E-state index is 12.4. The molecule has 1 amide bonds. The molecule has 0 aliphatic carbocycles. The predicted octanol–water partition coefficient (Wildman–Crippen LogP) is 3.33. The Hall–Kier alpha value is -2.13. The maximum Gasteiger partial charge on any atom is 0.258 e. The van der Waals surface area contributed by atoms with E-state index in [0.717, 1.165) is 28.8 Å². The van der Waals surface area contributed by atoms with Crippen molar-refractivity contribution in [2.45, 2.75) is 25.8 Å². The van der Waals surface area contributed by atoms with Gasteiger partial charge < -0.3 is 10.0 Å². The summed E-state index contributed by atoms with van der Waals surface area (Å²) in [5, 5.41) is 9.36. The fraction of sp³-hybridized carbons (Fsp3) is 0.278. The van der Waals surface area contributed by atoms with Gasteiger partial charge in [-0.2, -0.15) is 0 Å². The average Bonchev–Trinajstić information content (AvgIpc) is 2.87. The summed E-state index contributed by atoms with van der Waals surface area (Å²) in [6.07, 6.45) is 0.907. The third-order valence-corrected chi connectivity index (χ3v) is 4.21. The number of hydrogen-bond acceptors (Lipinski definition) is 2. The molecular formula is C18H19NO2. The lowest BCUT2D eigenvalue weighted by molar-refractivity contribution is 0.0996. The molecule has 1 atom stereocenters. The van der Waals surface area contributed by atoms with Gasteiger partial charge in [0.15, 0.2) is 0 Å². The van der Waals surface area contributed by atoms with E-state index in [2.05, 4.69) is 6.92 Å². The number of aliphatic hydroxyl groups is 1. The van der Waals surface area contributed by atoms with Crippen molar-refractivity contribution in [3.63, 3.8) is 0 Å². The molecular weight excluding hydrogens is 262 g/mol. The molecule has 108 valence electrons. The molecule has 0 saturated heterocycles. The summed E-state index contributed by atoms with van der Waals surface area (Å²) in [6, 6.07) is 15.7. The Bertz CT molecular complexity index is 645. The Labute approximate surface area is 124 Å². The van der Waals surface area contributed by atoms with Crippen LogP contribution in [0.4, 0.5) is 5.69 Å². The van der Waals surface area contributed by atoms with Crippen LogP contribution in [0, 0.1) is 0 Å². The van der Waals surface area contributed by atoms with Crippen molar-refractivity contribution in [1.82, 2.24) is 0 Å². The molecule has 0 bridgehead atoms. The smallest absolute Gasteiger partial charge is 0.258 e. The summed E-state index contributed by atoms with van der Waals surface area (Å²) < 4.78 is 0. The van der Waals surface area contributed by atoms with Crippen LogP contribution in [0.5, 0.6) is 0 Å². The summed E-state index contributed by atoms with van der Waals surface area (Å²) in [4.78, 5) is 14.2. The van der Waals surface area contributed by atoms with Gasteiger partial charge in [0.1, 0.15) is 0 Å². The van der Waals surface area contributed by atoms with Crippen LogP contribution in [0.2, 0.25) is 0 Å². The molecule has 1 aliphatic heterocycles. The van der Waals surface area contributed by atoms with Gasteiger partial charge in [-0.1, -0.05) is 37.3 Å². The van der Waals surface area contributed by atoms with Gasteiger partial charge in [-0.15, -0.1) is 0 Å². The highest BCUT2D eigenvalue weighted by Gasteiger charge is 2.27. The van der Waals surface area contributed by atoms with Crippen molar-refractivity contribution in [2.75, 3.05) is 11.5 Å². The third kappa shape index (κ3) is 2.45. The predicted molar refractivity (Wildman–Crippen MR) is 83.5 cm³/mol. The Kier molecular flexibility index (Phi) is 3.76. The number of carbonyl (C=O) groups excluding carboxylic acids is 1. The van der Waals surface area contributed by atoms with Gasteiger partial charge in [0, 0.05) is 23.8 Å². The number of hydrogen-bond donors (Lipinski definition) is 1. The number of aliphatic hydroxyl groups excluding tert-OH is 1. The highest BCUT2D eigenvalue weighted by atomic mass is 16.3. The third-order valence-electron chi connectivity index (χ3n) is 4.21. The molecule has 0 spiro atoms. The van der Waals surface area contributed by atoms with E-state index < -0.39 is 0 Å². The molecule has 0 fully saturated rings. The van der Waals surface area contributed by atoms with E-state index in [1.54, 1.807) is 4.90 Å². The minimum atomic E-state index is 0.0625. The van der Waals surface area contributed by atoms with Crippen LogP contribution in [0.15, 0.2) is 48.5 Å². The van der Waals surface area contributed by atoms with Crippen molar-refractivity contribution in [3.8, 4) is 0 Å². The molecule has 1 aliphatic rings. The number of rotatable bonds is 4. The van der Waals surface area contributed by atoms with Gasteiger partial charge >= 0.3 is 0 Å². The van der Waals surface area contributed by atoms with Crippen LogP contribution in [0.1, 0.15) is 40.7 Å². The Balaban J connectivity index is 1.85. The summed E-state index contributed by atoms with van der Waals surface area (Å²) >= 11 is 0. The minimum Gasteiger partial charge on any atom is -0.396 e. The molecule has 3 heteroatoms. The SMILES string of the molecule is CCC(CO)c1ccc(N2Cc3ccccc3C2=O)cc1. The summed E-state index contributed by atoms with van der Waals surface area (Å²) in [5.74, 6) is 0.234. The van der Waals surface area contributed by atoms with Gasteiger partial charge in [-0.25, -0.2) is 0 Å². The molecule has 1 unspecified atom stereocenters. The van der Waals surface area contributed by atoms with Crippen molar-refractivity contribution in [3.05, 3.63) is 65.2 Å². The summed E-state index contributed by atoms with van der Waals surface area (Å²) in [7, 11) is 0. The lowest BCUT2D eigenvalue weighted by Gasteiger charge is -2.18. The zero-order valence-electron chi connectivity index (χ0n) is 12.1. The van der Waals surface area contributed by atoms with E-state index in [-0.39, 0.29) is 18.4 Å². The van der Waals surface area contributed by atoms with E-state index >= 15 is 0 Å². The van der Waals surface area contributed by atoms with Crippen molar-refractivity contribution < 1.29 is 9.90 Å². The van der Waals surface area contributed by atoms with E-state index in [4.69, 9.17) is 0 Å². The Morgan fingerprint density at radius 2 is 1.86 bits per heavy atom. The van der Waals surface area contributed by atoms with Crippen LogP contribution in [-0.2, 0) is 6.54 Å². The van der Waals surface area contributed by atoms with Crippen molar-refractivity contribution in [2.24, 2.45) is 0 Å². The highest BCUT2D eigenvalue weighted by Crippen LogP contribution is 2.29. The quantitative estimate of drug-likeness (QED) is 0.933. The normalized spacial score (nSPS) is 15.1. The van der Waals surface area contributed by atoms with Crippen LogP contribution in [0.3, 0.4) is 0 Å². The van der Waals surface area contributed by atoms with Gasteiger partial charge in [-0.3, -0.25) is 4.79 Å². The molecule has 1 heterocycles. The number of fused-ring (bicyclic) bond motifs is 1. The topological polar surface area (TPSA) is 40.5 Å². The first-order valence-corrected chi connectivity index (χ1v) is 7.35. The van der Waals surface area contributed by atoms with Gasteiger partial charge in [0.25, 0.3) is 5.91 Å². The van der Waals surface area contributed by atoms with Crippen LogP contribution < -0.4 is 4.90 Å². The van der Waals surface area contributed by atoms with E-state index in [1.165, 1.54) is 0 Å². The molecule has 0 saturated carbocycles. The molecule has 0 radical (unpaired) electrons. The largest absolute Gasteiger partial charge is 0.396 e. The fourth-order valence-corrected chi connectivity index (χ4v) is 2.86. The summed E-state index contributed by atoms with van der Waals surface area (Å²) in [6.45, 7) is 2.85. The lowest BCUT2D eigenvalue weighted by atomic mass is 9.97. The van der Waals surface area contributed by atoms with Crippen LogP contribution in [-0.4, -0.2) is 17.6 Å². The number of nitrogens with zero attached hydrogens (tertiary/aromatic N) is 1. The van der Waals surface area contributed by atoms with Crippen LogP contribution in [0.25, 0.3) is 0 Å². The van der Waals surface area contributed by atoms with Crippen molar-refractivity contribution in [1.29, 1.82) is 0 Å². The lowest BCUT2D eigenvalue weighted by Crippen LogP contribution is -2.22. The number of amides is 1. The first kappa shape index (κ1) is 13.8. The Morgan fingerprint density at radius 1 is 1.14 bits per heavy atom. The maximum atomic E-state index is 12.4. The van der Waals surface area contributed by atoms with E-state index in [1.807, 2.05) is 48.5 Å². The number of benzene rings is 2. The van der Waals surface area contributed by atoms with E-state index in [0.29, 0.717) is 6.54 Å². The second-order valence-electron chi connectivity index (χ2n) is 5.43. The Morgan fingerprint density at radius 3 is 2.48 bits per heavy atom. The molecule has 3 nitrogen and oxygen atoms in total. The molecule has 0 aromatic heterocycles. The van der Waals surface area contributed by atoms with E-state index in [9.17, 15) is 9.90 Å². The van der Waals surface area contributed by atoms with Gasteiger partial charge in [-0.05, 0) is 35.7 Å². The molecule has 3 rings (SSSR count). The monoisotopic (exact) mass is 281 g/mol. The molecule has 21 heavy (non-hydrogen) atoms. The van der Waals surface area contributed by atoms with Crippen LogP contribution >= 0.6 is 0 Å². The standard InChI is InChI=1S/C18H19NO2/c1-2-13(12-20)14-7-9-16(10-8-14)19-11-15-5-3-4-6-17(15)18(19)21/h3-10,13,20H,2,11-12H2,1H3. The zero-order chi connectivity index (χ0) is 14.8. The van der Waals surface area contributed by atoms with Gasteiger partial charge in [0.05, 0.1) is 6.54 Å². The average molecular weight is 281 g/mol. The molecule has 2 aromatic carbocycles. The molecule has 1 N–H and O–H groups in total. The number of carbonyl (C=O) groups is 1. The fourth-order valence-electron chi connectivity index (χ4n) is 2.86. The van der Waals surface area contributed by atoms with Gasteiger partial charge in [0.2, 0.25) is 0 Å². The molecule has 2 aromatic rings. The number of anilines is 1. The summed E-state index contributed by atoms with van der Waals surface area (Å²) in [5.41, 5.74) is 3.90.